The average Bonchev–Trinajstić information content (AvgIpc) is 3.27. The Morgan fingerprint density at radius 3 is 2.53 bits per heavy atom. The van der Waals surface area contributed by atoms with Crippen LogP contribution < -0.4 is 10.1 Å². The molecule has 0 bridgehead atoms. The molecule has 160 valence electrons. The van der Waals surface area contributed by atoms with Gasteiger partial charge in [0.2, 0.25) is 5.91 Å². The van der Waals surface area contributed by atoms with Gasteiger partial charge in [-0.3, -0.25) is 9.59 Å². The Bertz CT molecular complexity index is 1320. The minimum absolute atomic E-state index is 0.0524. The van der Waals surface area contributed by atoms with Crippen molar-refractivity contribution >= 4 is 28.4 Å². The third-order valence-corrected chi connectivity index (χ3v) is 5.96. The van der Waals surface area contributed by atoms with Crippen molar-refractivity contribution in [2.75, 3.05) is 19.0 Å². The third-order valence-electron chi connectivity index (χ3n) is 5.96. The summed E-state index contributed by atoms with van der Waals surface area (Å²) < 4.78 is 5.16. The molecule has 0 fully saturated rings. The molecular formula is C26H23N3O3. The van der Waals surface area contributed by atoms with E-state index in [4.69, 9.17) is 4.74 Å². The van der Waals surface area contributed by atoms with Gasteiger partial charge in [0, 0.05) is 33.4 Å². The molecular weight excluding hydrogens is 402 g/mol. The van der Waals surface area contributed by atoms with E-state index in [1.165, 1.54) is 0 Å². The second-order valence-corrected chi connectivity index (χ2v) is 7.91. The number of nitrogens with one attached hydrogen (secondary N) is 2. The van der Waals surface area contributed by atoms with Crippen LogP contribution in [0, 0.1) is 6.92 Å². The number of amides is 2. The molecule has 2 N–H and O–H groups in total. The second-order valence-electron chi connectivity index (χ2n) is 7.91. The maximum Gasteiger partial charge on any atom is 0.255 e. The number of aromatic nitrogens is 1. The minimum Gasteiger partial charge on any atom is -0.497 e. The van der Waals surface area contributed by atoms with Crippen molar-refractivity contribution in [3.8, 4) is 5.75 Å². The summed E-state index contributed by atoms with van der Waals surface area (Å²) in [6, 6.07) is 22.4. The van der Waals surface area contributed by atoms with E-state index in [1.54, 1.807) is 36.3 Å². The van der Waals surface area contributed by atoms with Crippen molar-refractivity contribution in [1.29, 1.82) is 0 Å². The predicted octanol–water partition coefficient (Wildman–Crippen LogP) is 4.67. The van der Waals surface area contributed by atoms with Gasteiger partial charge in [-0.1, -0.05) is 36.4 Å². The van der Waals surface area contributed by atoms with Gasteiger partial charge in [-0.05, 0) is 48.9 Å². The molecule has 1 unspecified atom stereocenters. The lowest BCUT2D eigenvalue weighted by atomic mass is 9.95. The number of anilines is 1. The van der Waals surface area contributed by atoms with Gasteiger partial charge >= 0.3 is 0 Å². The van der Waals surface area contributed by atoms with Crippen LogP contribution in [-0.4, -0.2) is 35.4 Å². The first-order valence-electron chi connectivity index (χ1n) is 10.5. The summed E-state index contributed by atoms with van der Waals surface area (Å²) in [5.74, 6) is 0.321. The predicted molar refractivity (Wildman–Crippen MR) is 124 cm³/mol. The molecule has 1 aliphatic rings. The van der Waals surface area contributed by atoms with E-state index in [0.717, 1.165) is 27.7 Å². The van der Waals surface area contributed by atoms with Crippen molar-refractivity contribution in [1.82, 2.24) is 9.88 Å². The van der Waals surface area contributed by atoms with Crippen LogP contribution in [0.15, 0.2) is 72.8 Å². The highest BCUT2D eigenvalue weighted by Gasteiger charge is 2.40. The van der Waals surface area contributed by atoms with E-state index in [1.807, 2.05) is 49.4 Å². The summed E-state index contributed by atoms with van der Waals surface area (Å²) in [6.07, 6.45) is 0. The first-order valence-corrected chi connectivity index (χ1v) is 10.5. The van der Waals surface area contributed by atoms with Gasteiger partial charge in [0.05, 0.1) is 13.2 Å². The number of ether oxygens (including phenoxy) is 1. The van der Waals surface area contributed by atoms with Crippen LogP contribution in [-0.2, 0) is 4.79 Å². The van der Waals surface area contributed by atoms with Gasteiger partial charge in [-0.15, -0.1) is 0 Å². The van der Waals surface area contributed by atoms with Crippen molar-refractivity contribution in [3.05, 3.63) is 95.2 Å². The van der Waals surface area contributed by atoms with E-state index in [9.17, 15) is 9.59 Å². The van der Waals surface area contributed by atoms with E-state index in [0.29, 0.717) is 17.0 Å². The number of hydrogen-bond donors (Lipinski definition) is 2. The highest BCUT2D eigenvalue weighted by Crippen LogP contribution is 2.42. The van der Waals surface area contributed by atoms with E-state index < -0.39 is 0 Å². The summed E-state index contributed by atoms with van der Waals surface area (Å²) in [7, 11) is 1.59. The molecule has 0 saturated carbocycles. The second kappa shape index (κ2) is 7.89. The van der Waals surface area contributed by atoms with E-state index in [2.05, 4.69) is 16.4 Å². The van der Waals surface area contributed by atoms with Gasteiger partial charge in [0.1, 0.15) is 12.3 Å². The average molecular weight is 425 g/mol. The zero-order valence-corrected chi connectivity index (χ0v) is 17.9. The topological polar surface area (TPSA) is 74.4 Å². The van der Waals surface area contributed by atoms with Gasteiger partial charge in [-0.25, -0.2) is 0 Å². The van der Waals surface area contributed by atoms with Gasteiger partial charge in [0.25, 0.3) is 5.91 Å². The number of H-pyrrole nitrogens is 1. The molecule has 1 aromatic heterocycles. The summed E-state index contributed by atoms with van der Waals surface area (Å²) in [5, 5.41) is 3.94. The number of carbonyl (C=O) groups excluding carboxylic acids is 2. The molecule has 0 saturated heterocycles. The number of hydrogen-bond acceptors (Lipinski definition) is 3. The largest absolute Gasteiger partial charge is 0.497 e. The Labute approximate surface area is 185 Å². The smallest absolute Gasteiger partial charge is 0.255 e. The molecule has 0 radical (unpaired) electrons. The van der Waals surface area contributed by atoms with Crippen molar-refractivity contribution < 1.29 is 14.3 Å². The molecule has 0 spiro atoms. The van der Waals surface area contributed by atoms with Crippen molar-refractivity contribution in [2.45, 2.75) is 13.0 Å². The SMILES string of the molecule is COc1ccc(NC(=O)CN2C(=O)c3ccccc3C2c2c(C)[nH]c3ccccc23)cc1. The molecule has 2 amide bonds. The molecule has 6 nitrogen and oxygen atoms in total. The van der Waals surface area contributed by atoms with Crippen LogP contribution in [0.1, 0.15) is 33.2 Å². The first kappa shape index (κ1) is 19.9. The lowest BCUT2D eigenvalue weighted by Crippen LogP contribution is -2.36. The molecule has 32 heavy (non-hydrogen) atoms. The number of fused-ring (bicyclic) bond motifs is 2. The van der Waals surface area contributed by atoms with Crippen LogP contribution in [0.25, 0.3) is 10.9 Å². The van der Waals surface area contributed by atoms with Crippen LogP contribution in [0.5, 0.6) is 5.75 Å². The third kappa shape index (κ3) is 3.30. The number of para-hydroxylation sites is 1. The standard InChI is InChI=1S/C26H23N3O3/c1-16-24(21-9-5-6-10-22(21)27-16)25-19-7-3-4-8-20(19)26(31)29(25)15-23(30)28-17-11-13-18(32-2)14-12-17/h3-14,25,27H,15H2,1-2H3,(H,28,30). The van der Waals surface area contributed by atoms with Crippen LogP contribution in [0.4, 0.5) is 5.69 Å². The van der Waals surface area contributed by atoms with Crippen LogP contribution in [0.2, 0.25) is 0 Å². The number of carbonyl (C=O) groups is 2. The fourth-order valence-electron chi connectivity index (χ4n) is 4.52. The first-order chi connectivity index (χ1) is 15.6. The van der Waals surface area contributed by atoms with E-state index in [-0.39, 0.29) is 24.4 Å². The summed E-state index contributed by atoms with van der Waals surface area (Å²) >= 11 is 0. The highest BCUT2D eigenvalue weighted by atomic mass is 16.5. The Morgan fingerprint density at radius 2 is 1.75 bits per heavy atom. The summed E-state index contributed by atoms with van der Waals surface area (Å²) in [4.78, 5) is 31.4. The maximum atomic E-state index is 13.3. The van der Waals surface area contributed by atoms with Crippen molar-refractivity contribution in [2.24, 2.45) is 0 Å². The number of nitrogens with zero attached hydrogens (tertiary/aromatic N) is 1. The van der Waals surface area contributed by atoms with E-state index >= 15 is 0 Å². The molecule has 5 rings (SSSR count). The Hall–Kier alpha value is -4.06. The summed E-state index contributed by atoms with van der Waals surface area (Å²) in [6.45, 7) is 1.96. The van der Waals surface area contributed by atoms with Gasteiger partial charge in [0.15, 0.2) is 0 Å². The fourth-order valence-corrected chi connectivity index (χ4v) is 4.52. The zero-order chi connectivity index (χ0) is 22.2. The maximum absolute atomic E-state index is 13.3. The van der Waals surface area contributed by atoms with Crippen LogP contribution >= 0.6 is 0 Å². The molecule has 4 aromatic rings. The van der Waals surface area contributed by atoms with Crippen LogP contribution in [0.3, 0.4) is 0 Å². The number of methoxy groups -OCH3 is 1. The number of rotatable bonds is 5. The monoisotopic (exact) mass is 425 g/mol. The molecule has 3 aromatic carbocycles. The van der Waals surface area contributed by atoms with Gasteiger partial charge < -0.3 is 19.9 Å². The van der Waals surface area contributed by atoms with Gasteiger partial charge in [-0.2, -0.15) is 0 Å². The molecule has 6 heteroatoms. The number of aryl methyl sites for hydroxylation is 1. The zero-order valence-electron chi connectivity index (χ0n) is 17.9. The lowest BCUT2D eigenvalue weighted by molar-refractivity contribution is -0.117. The molecule has 2 heterocycles. The number of aromatic amines is 1. The minimum atomic E-state index is -0.337. The fraction of sp³-hybridized carbons (Fsp3) is 0.154. The molecule has 1 aliphatic heterocycles. The highest BCUT2D eigenvalue weighted by molar-refractivity contribution is 6.04. The van der Waals surface area contributed by atoms with Crippen molar-refractivity contribution in [3.63, 3.8) is 0 Å². The Balaban J connectivity index is 1.51. The molecule has 1 atom stereocenters. The number of benzene rings is 3. The lowest BCUT2D eigenvalue weighted by Gasteiger charge is -2.25. The molecule has 0 aliphatic carbocycles. The normalized spacial score (nSPS) is 15.1. The Kier molecular flexibility index (Phi) is 4.90. The summed E-state index contributed by atoms with van der Waals surface area (Å²) in [5.41, 5.74) is 5.23. The quantitative estimate of drug-likeness (QED) is 0.488. The Morgan fingerprint density at radius 1 is 1.03 bits per heavy atom.